The third-order valence-corrected chi connectivity index (χ3v) is 3.90. The van der Waals surface area contributed by atoms with E-state index < -0.39 is 0 Å². The molecule has 1 saturated heterocycles. The molecule has 0 radical (unpaired) electrons. The molecular formula is C15H20N2OS. The fourth-order valence-corrected chi connectivity index (χ4v) is 2.78. The highest BCUT2D eigenvalue weighted by molar-refractivity contribution is 7.80. The molecule has 0 aliphatic carbocycles. The van der Waals surface area contributed by atoms with Gasteiger partial charge >= 0.3 is 0 Å². The Hall–Kier alpha value is -1.42. The van der Waals surface area contributed by atoms with Crippen LogP contribution < -0.4 is 5.73 Å². The topological polar surface area (TPSA) is 46.3 Å². The van der Waals surface area contributed by atoms with Crippen molar-refractivity contribution in [2.75, 3.05) is 13.1 Å². The summed E-state index contributed by atoms with van der Waals surface area (Å²) in [4.78, 5) is 14.7. The molecule has 1 unspecified atom stereocenters. The molecule has 102 valence electrons. The van der Waals surface area contributed by atoms with E-state index in [4.69, 9.17) is 18.0 Å². The highest BCUT2D eigenvalue weighted by atomic mass is 32.1. The zero-order valence-electron chi connectivity index (χ0n) is 11.3. The number of benzene rings is 1. The van der Waals surface area contributed by atoms with Gasteiger partial charge in [-0.15, -0.1) is 0 Å². The number of hydrogen-bond acceptors (Lipinski definition) is 2. The summed E-state index contributed by atoms with van der Waals surface area (Å²) in [5, 5.41) is 0. The smallest absolute Gasteiger partial charge is 0.253 e. The molecule has 0 aromatic heterocycles. The Balaban J connectivity index is 2.08. The lowest BCUT2D eigenvalue weighted by atomic mass is 10.0. The fourth-order valence-electron chi connectivity index (χ4n) is 2.65. The monoisotopic (exact) mass is 276 g/mol. The van der Waals surface area contributed by atoms with Crippen LogP contribution in [-0.4, -0.2) is 28.9 Å². The maximum atomic E-state index is 12.4. The third-order valence-electron chi connectivity index (χ3n) is 3.66. The Labute approximate surface area is 119 Å². The summed E-state index contributed by atoms with van der Waals surface area (Å²) >= 11 is 4.95. The van der Waals surface area contributed by atoms with Crippen LogP contribution in [0.3, 0.4) is 0 Å². The number of thiocarbonyl (C=S) groups is 1. The maximum absolute atomic E-state index is 12.4. The van der Waals surface area contributed by atoms with Crippen molar-refractivity contribution in [1.29, 1.82) is 0 Å². The van der Waals surface area contributed by atoms with Crippen LogP contribution in [0.5, 0.6) is 0 Å². The molecule has 2 N–H and O–H groups in total. The summed E-state index contributed by atoms with van der Waals surface area (Å²) in [6.45, 7) is 3.93. The molecule has 1 atom stereocenters. The van der Waals surface area contributed by atoms with Crippen LogP contribution in [0.2, 0.25) is 0 Å². The number of likely N-dealkylation sites (tertiary alicyclic amines) is 1. The van der Waals surface area contributed by atoms with Crippen LogP contribution in [0.15, 0.2) is 24.3 Å². The van der Waals surface area contributed by atoms with E-state index in [1.54, 1.807) is 6.07 Å². The zero-order valence-corrected chi connectivity index (χ0v) is 12.1. The third kappa shape index (κ3) is 3.32. The lowest BCUT2D eigenvalue weighted by Crippen LogP contribution is -2.29. The van der Waals surface area contributed by atoms with Gasteiger partial charge in [-0.1, -0.05) is 37.7 Å². The first-order valence-electron chi connectivity index (χ1n) is 6.81. The van der Waals surface area contributed by atoms with Gasteiger partial charge in [-0.3, -0.25) is 4.79 Å². The Morgan fingerprint density at radius 2 is 2.21 bits per heavy atom. The number of nitrogens with zero attached hydrogens (tertiary/aromatic N) is 1. The van der Waals surface area contributed by atoms with Gasteiger partial charge in [0.2, 0.25) is 0 Å². The average Bonchev–Trinajstić information content (AvgIpc) is 2.87. The molecule has 1 aromatic rings. The minimum absolute atomic E-state index is 0.0942. The molecule has 4 heteroatoms. The first-order chi connectivity index (χ1) is 9.11. The van der Waals surface area contributed by atoms with E-state index in [0.717, 1.165) is 25.1 Å². The lowest BCUT2D eigenvalue weighted by molar-refractivity contribution is 0.0786. The number of carbonyl (C=O) groups excluding carboxylic acids is 1. The van der Waals surface area contributed by atoms with Crippen LogP contribution in [0.25, 0.3) is 0 Å². The molecule has 1 fully saturated rings. The van der Waals surface area contributed by atoms with E-state index in [-0.39, 0.29) is 5.91 Å². The van der Waals surface area contributed by atoms with Gasteiger partial charge in [0.15, 0.2) is 0 Å². The molecular weight excluding hydrogens is 256 g/mol. The minimum atomic E-state index is 0.0942. The second-order valence-corrected chi connectivity index (χ2v) is 5.58. The molecule has 0 bridgehead atoms. The van der Waals surface area contributed by atoms with Gasteiger partial charge in [0.1, 0.15) is 4.99 Å². The minimum Gasteiger partial charge on any atom is -0.389 e. The van der Waals surface area contributed by atoms with Crippen LogP contribution in [0.1, 0.15) is 42.1 Å². The van der Waals surface area contributed by atoms with Crippen molar-refractivity contribution in [3.8, 4) is 0 Å². The van der Waals surface area contributed by atoms with Crippen molar-refractivity contribution in [3.63, 3.8) is 0 Å². The van der Waals surface area contributed by atoms with Gasteiger partial charge < -0.3 is 10.6 Å². The van der Waals surface area contributed by atoms with Gasteiger partial charge in [0, 0.05) is 24.2 Å². The Morgan fingerprint density at radius 3 is 2.89 bits per heavy atom. The van der Waals surface area contributed by atoms with Gasteiger partial charge in [-0.2, -0.15) is 0 Å². The molecule has 3 nitrogen and oxygen atoms in total. The molecule has 1 amide bonds. The number of amides is 1. The largest absolute Gasteiger partial charge is 0.389 e. The molecule has 0 saturated carbocycles. The van der Waals surface area contributed by atoms with Gasteiger partial charge in [-0.25, -0.2) is 0 Å². The van der Waals surface area contributed by atoms with Crippen molar-refractivity contribution in [3.05, 3.63) is 35.4 Å². The van der Waals surface area contributed by atoms with Crippen LogP contribution in [0, 0.1) is 5.92 Å². The number of rotatable bonds is 4. The summed E-state index contributed by atoms with van der Waals surface area (Å²) in [6.07, 6.45) is 3.51. The summed E-state index contributed by atoms with van der Waals surface area (Å²) in [6, 6.07) is 7.29. The first kappa shape index (κ1) is 14.0. The molecule has 19 heavy (non-hydrogen) atoms. The fraction of sp³-hybridized carbons (Fsp3) is 0.467. The van der Waals surface area contributed by atoms with E-state index in [0.29, 0.717) is 16.5 Å². The number of hydrogen-bond donors (Lipinski definition) is 1. The molecule has 1 aliphatic rings. The summed E-state index contributed by atoms with van der Waals surface area (Å²) in [5.41, 5.74) is 7.04. The van der Waals surface area contributed by atoms with Crippen molar-refractivity contribution >= 4 is 23.1 Å². The van der Waals surface area contributed by atoms with Gasteiger partial charge in [0.05, 0.1) is 0 Å². The quantitative estimate of drug-likeness (QED) is 0.860. The standard InChI is InChI=1S/C15H20N2OS/c1-2-4-11-7-8-17(10-11)15(18)13-6-3-5-12(9-13)14(16)19/h3,5-6,9,11H,2,4,7-8,10H2,1H3,(H2,16,19). The maximum Gasteiger partial charge on any atom is 0.253 e. The second kappa shape index (κ2) is 6.15. The van der Waals surface area contributed by atoms with Crippen LogP contribution in [0.4, 0.5) is 0 Å². The second-order valence-electron chi connectivity index (χ2n) is 5.14. The lowest BCUT2D eigenvalue weighted by Gasteiger charge is -2.17. The predicted molar refractivity (Wildman–Crippen MR) is 81.2 cm³/mol. The van der Waals surface area contributed by atoms with Crippen molar-refractivity contribution < 1.29 is 4.79 Å². The molecule has 1 aromatic carbocycles. The van der Waals surface area contributed by atoms with E-state index in [9.17, 15) is 4.79 Å². The average molecular weight is 276 g/mol. The summed E-state index contributed by atoms with van der Waals surface area (Å²) < 4.78 is 0. The highest BCUT2D eigenvalue weighted by Crippen LogP contribution is 2.22. The summed E-state index contributed by atoms with van der Waals surface area (Å²) in [7, 11) is 0. The van der Waals surface area contributed by atoms with Crippen LogP contribution in [-0.2, 0) is 0 Å². The SMILES string of the molecule is CCCC1CCN(C(=O)c2cccc(C(N)=S)c2)C1. The van der Waals surface area contributed by atoms with Gasteiger partial charge in [-0.05, 0) is 30.9 Å². The Morgan fingerprint density at radius 1 is 1.47 bits per heavy atom. The number of carbonyl (C=O) groups is 1. The van der Waals surface area contributed by atoms with Crippen molar-refractivity contribution in [2.24, 2.45) is 11.7 Å². The normalized spacial score (nSPS) is 18.6. The van der Waals surface area contributed by atoms with E-state index >= 15 is 0 Å². The van der Waals surface area contributed by atoms with Crippen molar-refractivity contribution in [2.45, 2.75) is 26.2 Å². The Bertz CT molecular complexity index is 487. The van der Waals surface area contributed by atoms with E-state index in [1.807, 2.05) is 23.1 Å². The van der Waals surface area contributed by atoms with E-state index in [2.05, 4.69) is 6.92 Å². The van der Waals surface area contributed by atoms with Gasteiger partial charge in [0.25, 0.3) is 5.91 Å². The molecule has 0 spiro atoms. The predicted octanol–water partition coefficient (Wildman–Crippen LogP) is 2.58. The molecule has 1 aliphatic heterocycles. The molecule has 2 rings (SSSR count). The first-order valence-corrected chi connectivity index (χ1v) is 7.21. The molecule has 1 heterocycles. The highest BCUT2D eigenvalue weighted by Gasteiger charge is 2.26. The zero-order chi connectivity index (χ0) is 13.8. The van der Waals surface area contributed by atoms with Crippen molar-refractivity contribution in [1.82, 2.24) is 4.90 Å². The Kier molecular flexibility index (Phi) is 4.53. The summed E-state index contributed by atoms with van der Waals surface area (Å²) in [5.74, 6) is 0.754. The van der Waals surface area contributed by atoms with Crippen LogP contribution >= 0.6 is 12.2 Å². The van der Waals surface area contributed by atoms with E-state index in [1.165, 1.54) is 12.8 Å². The number of nitrogens with two attached hydrogens (primary N) is 1.